The summed E-state index contributed by atoms with van der Waals surface area (Å²) >= 11 is 0. The van der Waals surface area contributed by atoms with Gasteiger partial charge >= 0.3 is 0 Å². The third-order valence-corrected chi connectivity index (χ3v) is 5.06. The van der Waals surface area contributed by atoms with Crippen molar-refractivity contribution < 1.29 is 0 Å². The highest BCUT2D eigenvalue weighted by Crippen LogP contribution is 2.35. The van der Waals surface area contributed by atoms with E-state index in [1.165, 1.54) is 58.0 Å². The molecule has 0 aromatic heterocycles. The first kappa shape index (κ1) is 18.0. The minimum absolute atomic E-state index is 0.520. The van der Waals surface area contributed by atoms with E-state index in [0.717, 1.165) is 12.5 Å². The minimum Gasteiger partial charge on any atom is -0.316 e. The fourth-order valence-corrected chi connectivity index (χ4v) is 3.81. The number of rotatable bonds is 8. The maximum Gasteiger partial charge on any atom is 0.00665 e. The first-order valence-corrected chi connectivity index (χ1v) is 8.90. The van der Waals surface area contributed by atoms with Crippen LogP contribution in [0.25, 0.3) is 0 Å². The van der Waals surface area contributed by atoms with E-state index in [1.807, 2.05) is 0 Å². The Labute approximate surface area is 127 Å². The van der Waals surface area contributed by atoms with E-state index in [4.69, 9.17) is 0 Å². The molecule has 0 amide bonds. The van der Waals surface area contributed by atoms with Gasteiger partial charge in [-0.1, -0.05) is 46.5 Å². The second-order valence-electron chi connectivity index (χ2n) is 7.59. The minimum atomic E-state index is 0.520. The lowest BCUT2D eigenvalue weighted by Gasteiger charge is -2.39. The molecule has 1 N–H and O–H groups in total. The van der Waals surface area contributed by atoms with Gasteiger partial charge in [0.05, 0.1) is 0 Å². The Morgan fingerprint density at radius 3 is 2.15 bits per heavy atom. The van der Waals surface area contributed by atoms with Crippen LogP contribution in [0, 0.1) is 11.3 Å². The maximum absolute atomic E-state index is 3.64. The van der Waals surface area contributed by atoms with Crippen LogP contribution < -0.4 is 5.32 Å². The Bertz CT molecular complexity index is 242. The number of hydrogen-bond donors (Lipinski definition) is 1. The van der Waals surface area contributed by atoms with Gasteiger partial charge in [-0.25, -0.2) is 0 Å². The summed E-state index contributed by atoms with van der Waals surface area (Å²) in [4.78, 5) is 2.63. The summed E-state index contributed by atoms with van der Waals surface area (Å²) in [5.41, 5.74) is 0.520. The second-order valence-corrected chi connectivity index (χ2v) is 7.59. The summed E-state index contributed by atoms with van der Waals surface area (Å²) in [5.74, 6) is 0.798. The van der Waals surface area contributed by atoms with E-state index < -0.39 is 0 Å². The van der Waals surface area contributed by atoms with Gasteiger partial charge in [-0.15, -0.1) is 0 Å². The molecule has 1 aliphatic rings. The summed E-state index contributed by atoms with van der Waals surface area (Å²) in [5, 5.41) is 3.64. The van der Waals surface area contributed by atoms with Gasteiger partial charge in [-0.05, 0) is 51.1 Å². The third-order valence-electron chi connectivity index (χ3n) is 5.06. The highest BCUT2D eigenvalue weighted by atomic mass is 15.1. The molecule has 20 heavy (non-hydrogen) atoms. The van der Waals surface area contributed by atoms with Crippen LogP contribution in [-0.4, -0.2) is 37.6 Å². The second kappa shape index (κ2) is 9.04. The molecule has 1 unspecified atom stereocenters. The molecule has 0 bridgehead atoms. The Morgan fingerprint density at radius 2 is 1.65 bits per heavy atom. The van der Waals surface area contributed by atoms with Crippen LogP contribution in [0.3, 0.4) is 0 Å². The average molecular weight is 283 g/mol. The fraction of sp³-hybridized carbons (Fsp3) is 1.00. The van der Waals surface area contributed by atoms with Gasteiger partial charge in [0.2, 0.25) is 0 Å². The van der Waals surface area contributed by atoms with E-state index in [2.05, 4.69) is 45.0 Å². The van der Waals surface area contributed by atoms with Crippen molar-refractivity contribution in [3.8, 4) is 0 Å². The van der Waals surface area contributed by atoms with Gasteiger partial charge in [0.1, 0.15) is 0 Å². The molecule has 0 radical (unpaired) electrons. The molecule has 1 atom stereocenters. The molecule has 1 aliphatic carbocycles. The van der Waals surface area contributed by atoms with Crippen molar-refractivity contribution in [2.45, 2.75) is 78.7 Å². The zero-order valence-corrected chi connectivity index (χ0v) is 14.7. The molecule has 1 fully saturated rings. The van der Waals surface area contributed by atoms with E-state index in [0.29, 0.717) is 11.5 Å². The first-order chi connectivity index (χ1) is 9.49. The summed E-state index contributed by atoms with van der Waals surface area (Å²) in [6, 6.07) is 0.705. The molecule has 120 valence electrons. The van der Waals surface area contributed by atoms with Crippen molar-refractivity contribution in [2.75, 3.05) is 26.7 Å². The molecular weight excluding hydrogens is 244 g/mol. The van der Waals surface area contributed by atoms with Crippen LogP contribution in [0.5, 0.6) is 0 Å². The molecule has 0 saturated heterocycles. The third kappa shape index (κ3) is 6.13. The molecule has 0 aliphatic heterocycles. The van der Waals surface area contributed by atoms with E-state index in [1.54, 1.807) is 0 Å². The van der Waals surface area contributed by atoms with Crippen molar-refractivity contribution >= 4 is 0 Å². The SMILES string of the molecule is CCNCC1(CN(C)C(C)CC(C)C)CCCCCC1. The van der Waals surface area contributed by atoms with Gasteiger partial charge in [0.25, 0.3) is 0 Å². The standard InChI is InChI=1S/C18H38N2/c1-6-19-14-18(11-9-7-8-10-12-18)15-20(5)17(4)13-16(2)3/h16-17,19H,6-15H2,1-5H3. The van der Waals surface area contributed by atoms with Gasteiger partial charge in [0, 0.05) is 19.1 Å². The van der Waals surface area contributed by atoms with Gasteiger partial charge in [-0.2, -0.15) is 0 Å². The smallest absolute Gasteiger partial charge is 0.00665 e. The van der Waals surface area contributed by atoms with Crippen molar-refractivity contribution in [3.63, 3.8) is 0 Å². The van der Waals surface area contributed by atoms with E-state index >= 15 is 0 Å². The van der Waals surface area contributed by atoms with Crippen LogP contribution in [-0.2, 0) is 0 Å². The van der Waals surface area contributed by atoms with Gasteiger partial charge < -0.3 is 10.2 Å². The molecule has 1 saturated carbocycles. The summed E-state index contributed by atoms with van der Waals surface area (Å²) in [6.07, 6.45) is 9.89. The Morgan fingerprint density at radius 1 is 1.05 bits per heavy atom. The van der Waals surface area contributed by atoms with E-state index in [9.17, 15) is 0 Å². The average Bonchev–Trinajstić information content (AvgIpc) is 2.61. The monoisotopic (exact) mass is 282 g/mol. The van der Waals surface area contributed by atoms with Crippen LogP contribution in [0.15, 0.2) is 0 Å². The summed E-state index contributed by atoms with van der Waals surface area (Å²) in [7, 11) is 2.34. The summed E-state index contributed by atoms with van der Waals surface area (Å²) < 4.78 is 0. The van der Waals surface area contributed by atoms with Crippen LogP contribution in [0.2, 0.25) is 0 Å². The quantitative estimate of drug-likeness (QED) is 0.668. The Kier molecular flexibility index (Phi) is 8.13. The highest BCUT2D eigenvalue weighted by molar-refractivity contribution is 4.87. The van der Waals surface area contributed by atoms with Gasteiger partial charge in [0.15, 0.2) is 0 Å². The maximum atomic E-state index is 3.64. The number of hydrogen-bond acceptors (Lipinski definition) is 2. The summed E-state index contributed by atoms with van der Waals surface area (Å²) in [6.45, 7) is 12.9. The first-order valence-electron chi connectivity index (χ1n) is 8.90. The molecule has 1 rings (SSSR count). The Balaban J connectivity index is 2.62. The van der Waals surface area contributed by atoms with Crippen LogP contribution in [0.1, 0.15) is 72.6 Å². The zero-order chi connectivity index (χ0) is 15.0. The zero-order valence-electron chi connectivity index (χ0n) is 14.7. The van der Waals surface area contributed by atoms with Crippen LogP contribution >= 0.6 is 0 Å². The predicted octanol–water partition coefficient (Wildman–Crippen LogP) is 4.30. The lowest BCUT2D eigenvalue weighted by Crippen LogP contribution is -2.45. The van der Waals surface area contributed by atoms with Crippen LogP contribution in [0.4, 0.5) is 0 Å². The van der Waals surface area contributed by atoms with Gasteiger partial charge in [-0.3, -0.25) is 0 Å². The number of nitrogens with zero attached hydrogens (tertiary/aromatic N) is 1. The lowest BCUT2D eigenvalue weighted by molar-refractivity contribution is 0.112. The molecule has 0 spiro atoms. The largest absolute Gasteiger partial charge is 0.316 e. The molecule has 2 nitrogen and oxygen atoms in total. The van der Waals surface area contributed by atoms with Crippen molar-refractivity contribution in [1.82, 2.24) is 10.2 Å². The number of nitrogens with one attached hydrogen (secondary N) is 1. The van der Waals surface area contributed by atoms with Crippen molar-refractivity contribution in [3.05, 3.63) is 0 Å². The normalized spacial score (nSPS) is 21.1. The van der Waals surface area contributed by atoms with Crippen molar-refractivity contribution in [1.29, 1.82) is 0 Å². The molecule has 2 heteroatoms. The topological polar surface area (TPSA) is 15.3 Å². The Hall–Kier alpha value is -0.0800. The fourth-order valence-electron chi connectivity index (χ4n) is 3.81. The van der Waals surface area contributed by atoms with Crippen molar-refractivity contribution in [2.24, 2.45) is 11.3 Å². The lowest BCUT2D eigenvalue weighted by atomic mass is 9.79. The molecule has 0 heterocycles. The predicted molar refractivity (Wildman–Crippen MR) is 90.2 cm³/mol. The molecular formula is C18H38N2. The molecule has 0 aromatic rings. The van der Waals surface area contributed by atoms with E-state index in [-0.39, 0.29) is 0 Å². The molecule has 0 aromatic carbocycles. The highest BCUT2D eigenvalue weighted by Gasteiger charge is 2.32.